The SMILES string of the molecule is Cc1nc(C(F)(F)F)c(F)c(C(F)(F)F)c1C. The Balaban J connectivity index is 3.67. The van der Waals surface area contributed by atoms with Crippen molar-refractivity contribution in [3.63, 3.8) is 0 Å². The first-order chi connectivity index (χ1) is 7.46. The molecular formula is C9H6F7N. The van der Waals surface area contributed by atoms with Gasteiger partial charge >= 0.3 is 12.4 Å². The molecule has 1 aromatic rings. The van der Waals surface area contributed by atoms with Gasteiger partial charge in [-0.3, -0.25) is 0 Å². The molecule has 17 heavy (non-hydrogen) atoms. The number of alkyl halides is 6. The van der Waals surface area contributed by atoms with Crippen molar-refractivity contribution in [2.24, 2.45) is 0 Å². The second-order valence-electron chi connectivity index (χ2n) is 3.36. The summed E-state index contributed by atoms with van der Waals surface area (Å²) in [7, 11) is 0. The van der Waals surface area contributed by atoms with Gasteiger partial charge in [-0.1, -0.05) is 0 Å². The van der Waals surface area contributed by atoms with E-state index in [2.05, 4.69) is 4.98 Å². The van der Waals surface area contributed by atoms with E-state index in [9.17, 15) is 30.7 Å². The lowest BCUT2D eigenvalue weighted by molar-refractivity contribution is -0.150. The molecule has 1 nitrogen and oxygen atoms in total. The van der Waals surface area contributed by atoms with E-state index in [4.69, 9.17) is 0 Å². The largest absolute Gasteiger partial charge is 0.436 e. The van der Waals surface area contributed by atoms with Crippen LogP contribution in [0.15, 0.2) is 0 Å². The van der Waals surface area contributed by atoms with Crippen molar-refractivity contribution in [1.29, 1.82) is 0 Å². The first-order valence-electron chi connectivity index (χ1n) is 4.27. The molecule has 0 N–H and O–H groups in total. The van der Waals surface area contributed by atoms with Gasteiger partial charge in [-0.2, -0.15) is 26.3 Å². The van der Waals surface area contributed by atoms with Gasteiger partial charge in [0.1, 0.15) is 0 Å². The van der Waals surface area contributed by atoms with Crippen molar-refractivity contribution in [3.05, 3.63) is 28.3 Å². The summed E-state index contributed by atoms with van der Waals surface area (Å²) >= 11 is 0. The summed E-state index contributed by atoms with van der Waals surface area (Å²) in [5.74, 6) is -2.38. The Bertz CT molecular complexity index is 444. The zero-order valence-electron chi connectivity index (χ0n) is 8.59. The predicted molar refractivity (Wildman–Crippen MR) is 43.7 cm³/mol. The van der Waals surface area contributed by atoms with E-state index < -0.39 is 40.7 Å². The number of hydrogen-bond donors (Lipinski definition) is 0. The molecule has 0 unspecified atom stereocenters. The third-order valence-electron chi connectivity index (χ3n) is 2.18. The van der Waals surface area contributed by atoms with Crippen LogP contribution < -0.4 is 0 Å². The van der Waals surface area contributed by atoms with E-state index in [1.165, 1.54) is 0 Å². The Labute approximate surface area is 91.3 Å². The van der Waals surface area contributed by atoms with Gasteiger partial charge in [0.05, 0.1) is 5.56 Å². The van der Waals surface area contributed by atoms with Crippen LogP contribution in [0.1, 0.15) is 22.5 Å². The number of pyridine rings is 1. The highest BCUT2D eigenvalue weighted by Gasteiger charge is 2.44. The van der Waals surface area contributed by atoms with Crippen LogP contribution in [-0.4, -0.2) is 4.98 Å². The van der Waals surface area contributed by atoms with Gasteiger partial charge in [-0.25, -0.2) is 9.37 Å². The standard InChI is InChI=1S/C9H6F7N/c1-3-4(2)17-7(9(14,15)16)6(10)5(3)8(11,12)13/h1-2H3. The molecule has 0 aliphatic rings. The van der Waals surface area contributed by atoms with Crippen LogP contribution in [0.4, 0.5) is 30.7 Å². The van der Waals surface area contributed by atoms with Crippen molar-refractivity contribution in [3.8, 4) is 0 Å². The average Bonchev–Trinajstić information content (AvgIpc) is 2.07. The lowest BCUT2D eigenvalue weighted by atomic mass is 10.1. The molecule has 0 saturated heterocycles. The number of aromatic nitrogens is 1. The molecule has 0 aromatic carbocycles. The molecular weight excluding hydrogens is 255 g/mol. The first-order valence-corrected chi connectivity index (χ1v) is 4.27. The van der Waals surface area contributed by atoms with Crippen LogP contribution in [-0.2, 0) is 12.4 Å². The number of rotatable bonds is 0. The van der Waals surface area contributed by atoms with Gasteiger partial charge in [0, 0.05) is 5.69 Å². The molecule has 0 saturated carbocycles. The molecule has 0 radical (unpaired) electrons. The first kappa shape index (κ1) is 13.7. The summed E-state index contributed by atoms with van der Waals surface area (Å²) in [6, 6.07) is 0. The summed E-state index contributed by atoms with van der Waals surface area (Å²) < 4.78 is 87.2. The Morgan fingerprint density at radius 2 is 1.35 bits per heavy atom. The molecule has 0 aliphatic carbocycles. The molecule has 1 aromatic heterocycles. The van der Waals surface area contributed by atoms with Gasteiger partial charge in [-0.15, -0.1) is 0 Å². The molecule has 1 heterocycles. The van der Waals surface area contributed by atoms with E-state index in [0.29, 0.717) is 0 Å². The second kappa shape index (κ2) is 3.85. The van der Waals surface area contributed by atoms with Crippen LogP contribution >= 0.6 is 0 Å². The maximum absolute atomic E-state index is 13.2. The molecule has 0 amide bonds. The van der Waals surface area contributed by atoms with Gasteiger partial charge in [-0.05, 0) is 19.4 Å². The molecule has 0 atom stereocenters. The number of aryl methyl sites for hydroxylation is 1. The molecule has 96 valence electrons. The van der Waals surface area contributed by atoms with E-state index in [1.54, 1.807) is 0 Å². The quantitative estimate of drug-likeness (QED) is 0.646. The minimum atomic E-state index is -5.26. The molecule has 0 aliphatic heterocycles. The average molecular weight is 261 g/mol. The monoisotopic (exact) mass is 261 g/mol. The number of nitrogens with zero attached hydrogens (tertiary/aromatic N) is 1. The summed E-state index contributed by atoms with van der Waals surface area (Å²) in [4.78, 5) is 2.82. The predicted octanol–water partition coefficient (Wildman–Crippen LogP) is 3.88. The van der Waals surface area contributed by atoms with Gasteiger partial charge in [0.2, 0.25) is 0 Å². The third-order valence-corrected chi connectivity index (χ3v) is 2.18. The Morgan fingerprint density at radius 3 is 1.71 bits per heavy atom. The van der Waals surface area contributed by atoms with Crippen LogP contribution in [0.3, 0.4) is 0 Å². The zero-order chi connectivity index (χ0) is 13.6. The third kappa shape index (κ3) is 2.50. The minimum Gasteiger partial charge on any atom is -0.245 e. The van der Waals surface area contributed by atoms with Crippen LogP contribution in [0, 0.1) is 19.7 Å². The summed E-state index contributed by atoms with van der Waals surface area (Å²) in [5.41, 5.74) is -5.22. The smallest absolute Gasteiger partial charge is 0.245 e. The van der Waals surface area contributed by atoms with E-state index in [1.807, 2.05) is 0 Å². The van der Waals surface area contributed by atoms with Crippen molar-refractivity contribution in [2.45, 2.75) is 26.2 Å². The van der Waals surface area contributed by atoms with Crippen molar-refractivity contribution >= 4 is 0 Å². The Morgan fingerprint density at radius 1 is 0.882 bits per heavy atom. The second-order valence-corrected chi connectivity index (χ2v) is 3.36. The van der Waals surface area contributed by atoms with Gasteiger partial charge in [0.25, 0.3) is 0 Å². The molecule has 0 spiro atoms. The summed E-state index contributed by atoms with van der Waals surface area (Å²) in [6.45, 7) is 1.83. The van der Waals surface area contributed by atoms with Crippen LogP contribution in [0.5, 0.6) is 0 Å². The maximum Gasteiger partial charge on any atom is 0.436 e. The number of hydrogen-bond acceptors (Lipinski definition) is 1. The molecule has 1 rings (SSSR count). The van der Waals surface area contributed by atoms with Gasteiger partial charge in [0.15, 0.2) is 11.5 Å². The fraction of sp³-hybridized carbons (Fsp3) is 0.444. The van der Waals surface area contributed by atoms with E-state index >= 15 is 0 Å². The van der Waals surface area contributed by atoms with Gasteiger partial charge < -0.3 is 0 Å². The van der Waals surface area contributed by atoms with Crippen molar-refractivity contribution in [1.82, 2.24) is 4.98 Å². The highest BCUT2D eigenvalue weighted by Crippen LogP contribution is 2.39. The number of halogens is 7. The molecule has 0 fully saturated rings. The highest BCUT2D eigenvalue weighted by molar-refractivity contribution is 5.35. The normalized spacial score (nSPS) is 13.0. The van der Waals surface area contributed by atoms with E-state index in [-0.39, 0.29) is 0 Å². The van der Waals surface area contributed by atoms with Crippen LogP contribution in [0.25, 0.3) is 0 Å². The molecule has 8 heteroatoms. The lowest BCUT2D eigenvalue weighted by Gasteiger charge is -2.16. The zero-order valence-corrected chi connectivity index (χ0v) is 8.59. The summed E-state index contributed by atoms with van der Waals surface area (Å²) in [6.07, 6.45) is -10.5. The lowest BCUT2D eigenvalue weighted by Crippen LogP contribution is -2.20. The Kier molecular flexibility index (Phi) is 3.11. The fourth-order valence-electron chi connectivity index (χ4n) is 1.29. The Hall–Kier alpha value is -1.34. The van der Waals surface area contributed by atoms with Crippen molar-refractivity contribution < 1.29 is 30.7 Å². The highest BCUT2D eigenvalue weighted by atomic mass is 19.4. The minimum absolute atomic E-state index is 0.508. The van der Waals surface area contributed by atoms with Crippen LogP contribution in [0.2, 0.25) is 0 Å². The van der Waals surface area contributed by atoms with E-state index in [0.717, 1.165) is 13.8 Å². The fourth-order valence-corrected chi connectivity index (χ4v) is 1.29. The molecule has 0 bridgehead atoms. The maximum atomic E-state index is 13.2. The van der Waals surface area contributed by atoms with Crippen molar-refractivity contribution in [2.75, 3.05) is 0 Å². The topological polar surface area (TPSA) is 12.9 Å². The summed E-state index contributed by atoms with van der Waals surface area (Å²) in [5, 5.41) is 0.